The Morgan fingerprint density at radius 2 is 2.18 bits per heavy atom. The minimum absolute atomic E-state index is 0.0979. The lowest BCUT2D eigenvalue weighted by molar-refractivity contribution is 0.0513. The summed E-state index contributed by atoms with van der Waals surface area (Å²) in [7, 11) is 0. The second-order valence-electron chi connectivity index (χ2n) is 5.00. The van der Waals surface area contributed by atoms with E-state index in [1.807, 2.05) is 13.8 Å². The Hall–Kier alpha value is -1.65. The van der Waals surface area contributed by atoms with Crippen LogP contribution in [0.1, 0.15) is 53.8 Å². The lowest BCUT2D eigenvalue weighted by Crippen LogP contribution is -2.27. The highest BCUT2D eigenvalue weighted by Crippen LogP contribution is 2.36. The van der Waals surface area contributed by atoms with E-state index in [-0.39, 0.29) is 29.3 Å². The van der Waals surface area contributed by atoms with Gasteiger partial charge < -0.3 is 9.26 Å². The van der Waals surface area contributed by atoms with Gasteiger partial charge in [0.15, 0.2) is 5.69 Å². The molecule has 0 amide bonds. The molecule has 0 saturated carbocycles. The molecule has 0 N–H and O–H groups in total. The molecule has 1 aliphatic carbocycles. The summed E-state index contributed by atoms with van der Waals surface area (Å²) < 4.78 is 9.84. The number of rotatable bonds is 2. The first-order valence-electron chi connectivity index (χ1n) is 5.63. The van der Waals surface area contributed by atoms with Crippen molar-refractivity contribution >= 4 is 11.8 Å². The van der Waals surface area contributed by atoms with Gasteiger partial charge >= 0.3 is 5.97 Å². The highest BCUT2D eigenvalue weighted by atomic mass is 16.5. The third kappa shape index (κ3) is 2.09. The SMILES string of the molecule is CCOC(=O)c1noc2c1CC(C)(C)CC2=O. The fourth-order valence-electron chi connectivity index (χ4n) is 2.11. The zero-order valence-electron chi connectivity index (χ0n) is 10.2. The molecule has 5 heteroatoms. The second kappa shape index (κ2) is 3.98. The summed E-state index contributed by atoms with van der Waals surface area (Å²) in [5, 5.41) is 3.66. The second-order valence-corrected chi connectivity index (χ2v) is 5.00. The number of hydrogen-bond acceptors (Lipinski definition) is 5. The Bertz CT molecular complexity index is 473. The van der Waals surface area contributed by atoms with Crippen LogP contribution in [0, 0.1) is 5.41 Å². The number of hydrogen-bond donors (Lipinski definition) is 0. The van der Waals surface area contributed by atoms with Gasteiger partial charge in [-0.05, 0) is 18.8 Å². The van der Waals surface area contributed by atoms with Crippen molar-refractivity contribution in [1.29, 1.82) is 0 Å². The van der Waals surface area contributed by atoms with Gasteiger partial charge in [-0.25, -0.2) is 4.79 Å². The van der Waals surface area contributed by atoms with E-state index in [2.05, 4.69) is 5.16 Å². The molecule has 0 spiro atoms. The Labute approximate surface area is 99.1 Å². The van der Waals surface area contributed by atoms with Gasteiger partial charge in [0.2, 0.25) is 11.5 Å². The fourth-order valence-corrected chi connectivity index (χ4v) is 2.11. The quantitative estimate of drug-likeness (QED) is 0.736. The van der Waals surface area contributed by atoms with Crippen LogP contribution in [0.3, 0.4) is 0 Å². The Kier molecular flexibility index (Phi) is 2.77. The van der Waals surface area contributed by atoms with Crippen molar-refractivity contribution in [2.75, 3.05) is 6.61 Å². The first kappa shape index (κ1) is 11.8. The maximum Gasteiger partial charge on any atom is 0.360 e. The molecule has 0 bridgehead atoms. The van der Waals surface area contributed by atoms with Crippen LogP contribution in [0.4, 0.5) is 0 Å². The molecule has 0 aromatic carbocycles. The summed E-state index contributed by atoms with van der Waals surface area (Å²) >= 11 is 0. The van der Waals surface area contributed by atoms with Crippen LogP contribution < -0.4 is 0 Å². The number of carbonyl (C=O) groups is 2. The number of ketones is 1. The number of fused-ring (bicyclic) bond motifs is 1. The van der Waals surface area contributed by atoms with E-state index in [9.17, 15) is 9.59 Å². The predicted molar refractivity (Wildman–Crippen MR) is 58.9 cm³/mol. The van der Waals surface area contributed by atoms with Crippen molar-refractivity contribution in [2.45, 2.75) is 33.6 Å². The number of carbonyl (C=O) groups excluding carboxylic acids is 2. The number of ether oxygens (including phenoxy) is 1. The average Bonchev–Trinajstić information content (AvgIpc) is 2.59. The van der Waals surface area contributed by atoms with Crippen molar-refractivity contribution in [3.63, 3.8) is 0 Å². The lowest BCUT2D eigenvalue weighted by Gasteiger charge is -2.26. The Balaban J connectivity index is 2.40. The van der Waals surface area contributed by atoms with Crippen LogP contribution in [0.2, 0.25) is 0 Å². The molecule has 5 nitrogen and oxygen atoms in total. The molecule has 1 heterocycles. The molecule has 0 unspecified atom stereocenters. The average molecular weight is 237 g/mol. The third-order valence-corrected chi connectivity index (χ3v) is 2.80. The van der Waals surface area contributed by atoms with Gasteiger partial charge in [0.25, 0.3) is 0 Å². The van der Waals surface area contributed by atoms with Crippen molar-refractivity contribution in [3.05, 3.63) is 17.0 Å². The summed E-state index contributed by atoms with van der Waals surface area (Å²) in [6.45, 7) is 5.96. The van der Waals surface area contributed by atoms with Gasteiger partial charge in [-0.2, -0.15) is 0 Å². The van der Waals surface area contributed by atoms with Crippen molar-refractivity contribution in [1.82, 2.24) is 5.16 Å². The summed E-state index contributed by atoms with van der Waals surface area (Å²) in [4.78, 5) is 23.4. The highest BCUT2D eigenvalue weighted by Gasteiger charge is 2.38. The molecule has 92 valence electrons. The van der Waals surface area contributed by atoms with Gasteiger partial charge in [0, 0.05) is 12.0 Å². The molecule has 0 fully saturated rings. The number of Topliss-reactive ketones (excluding diaryl/α,β-unsaturated/α-hetero) is 1. The van der Waals surface area contributed by atoms with Crippen LogP contribution in [0.25, 0.3) is 0 Å². The Morgan fingerprint density at radius 3 is 2.82 bits per heavy atom. The van der Waals surface area contributed by atoms with Crippen molar-refractivity contribution in [3.8, 4) is 0 Å². The monoisotopic (exact) mass is 237 g/mol. The topological polar surface area (TPSA) is 69.4 Å². The number of aromatic nitrogens is 1. The molecule has 0 atom stereocenters. The largest absolute Gasteiger partial charge is 0.461 e. The van der Waals surface area contributed by atoms with Crippen LogP contribution >= 0.6 is 0 Å². The standard InChI is InChI=1S/C12H15NO4/c1-4-16-11(15)9-7-5-12(2,3)6-8(14)10(7)17-13-9/h4-6H2,1-3H3. The summed E-state index contributed by atoms with van der Waals surface area (Å²) in [5.74, 6) is -0.408. The first-order chi connectivity index (χ1) is 7.94. The summed E-state index contributed by atoms with van der Waals surface area (Å²) in [5.41, 5.74) is 0.560. The van der Waals surface area contributed by atoms with E-state index in [0.29, 0.717) is 18.4 Å². The van der Waals surface area contributed by atoms with Crippen molar-refractivity contribution < 1.29 is 18.8 Å². The van der Waals surface area contributed by atoms with Gasteiger partial charge in [-0.15, -0.1) is 0 Å². The van der Waals surface area contributed by atoms with E-state index in [4.69, 9.17) is 9.26 Å². The van der Waals surface area contributed by atoms with E-state index in [1.165, 1.54) is 0 Å². The lowest BCUT2D eigenvalue weighted by atomic mass is 9.75. The molecule has 0 aliphatic heterocycles. The minimum atomic E-state index is -0.525. The van der Waals surface area contributed by atoms with E-state index in [1.54, 1.807) is 6.92 Å². The maximum absolute atomic E-state index is 11.8. The summed E-state index contributed by atoms with van der Waals surface area (Å²) in [6, 6.07) is 0. The molecular weight excluding hydrogens is 222 g/mol. The van der Waals surface area contributed by atoms with E-state index < -0.39 is 5.97 Å². The smallest absolute Gasteiger partial charge is 0.360 e. The zero-order valence-corrected chi connectivity index (χ0v) is 10.2. The van der Waals surface area contributed by atoms with Crippen LogP contribution in [0.15, 0.2) is 4.52 Å². The molecular formula is C12H15NO4. The fraction of sp³-hybridized carbons (Fsp3) is 0.583. The van der Waals surface area contributed by atoms with Gasteiger partial charge in [0.1, 0.15) is 0 Å². The highest BCUT2D eigenvalue weighted by molar-refractivity contribution is 6.00. The molecule has 1 aromatic rings. The first-order valence-corrected chi connectivity index (χ1v) is 5.63. The predicted octanol–water partition coefficient (Wildman–Crippen LogP) is 2.01. The molecule has 0 saturated heterocycles. The van der Waals surface area contributed by atoms with Crippen LogP contribution in [-0.2, 0) is 11.2 Å². The third-order valence-electron chi connectivity index (χ3n) is 2.80. The van der Waals surface area contributed by atoms with Gasteiger partial charge in [-0.3, -0.25) is 4.79 Å². The van der Waals surface area contributed by atoms with Crippen LogP contribution in [-0.4, -0.2) is 23.5 Å². The minimum Gasteiger partial charge on any atom is -0.461 e. The van der Waals surface area contributed by atoms with Gasteiger partial charge in [0.05, 0.1) is 6.61 Å². The number of esters is 1. The molecule has 1 aliphatic rings. The Morgan fingerprint density at radius 1 is 1.47 bits per heavy atom. The molecule has 2 rings (SSSR count). The number of nitrogens with zero attached hydrogens (tertiary/aromatic N) is 1. The molecule has 0 radical (unpaired) electrons. The van der Waals surface area contributed by atoms with Gasteiger partial charge in [-0.1, -0.05) is 19.0 Å². The van der Waals surface area contributed by atoms with E-state index in [0.717, 1.165) is 0 Å². The molecule has 17 heavy (non-hydrogen) atoms. The molecule has 1 aromatic heterocycles. The summed E-state index contributed by atoms with van der Waals surface area (Å²) in [6.07, 6.45) is 1.02. The van der Waals surface area contributed by atoms with E-state index >= 15 is 0 Å². The van der Waals surface area contributed by atoms with Crippen LogP contribution in [0.5, 0.6) is 0 Å². The zero-order chi connectivity index (χ0) is 12.6. The normalized spacial score (nSPS) is 17.7. The van der Waals surface area contributed by atoms with Crippen molar-refractivity contribution in [2.24, 2.45) is 5.41 Å². The maximum atomic E-state index is 11.8.